The number of ether oxygens (including phenoxy) is 1. The Morgan fingerprint density at radius 3 is 2.41 bits per heavy atom. The number of tetrazole rings is 1. The molecular formula is C30H33N11O13S2. The lowest BCUT2D eigenvalue weighted by Gasteiger charge is -2.49. The molecule has 3 aliphatic heterocycles. The molecule has 26 heteroatoms. The average Bonchev–Trinajstić information content (AvgIpc) is 3.60. The zero-order valence-corrected chi connectivity index (χ0v) is 30.7. The first-order valence-electron chi connectivity index (χ1n) is 16.4. The van der Waals surface area contributed by atoms with Gasteiger partial charge in [-0.1, -0.05) is 23.9 Å². The molecule has 3 aliphatic rings. The molecule has 1 aromatic carbocycles. The SMILES string of the molecule is CCN1CCN(C(=O)N[C@@H](C(=O)N[C@@H]2C(=O)N3C(C(=O)O)=C(CSc4nnnn4CC(=O)O)CS[C@@H]23)c2ccc(NC(=O)OC[C@@H](N)C(=O)O)cc2)C(=O)C1=O. The molecule has 0 radical (unpaired) electrons. The van der Waals surface area contributed by atoms with E-state index < -0.39 is 90.3 Å². The Bertz CT molecular complexity index is 1990. The molecule has 0 unspecified atom stereocenters. The van der Waals surface area contributed by atoms with Crippen LogP contribution in [0.1, 0.15) is 18.5 Å². The predicted molar refractivity (Wildman–Crippen MR) is 188 cm³/mol. The number of carbonyl (C=O) groups is 9. The van der Waals surface area contributed by atoms with E-state index in [1.54, 1.807) is 6.92 Å². The van der Waals surface area contributed by atoms with Crippen LogP contribution >= 0.6 is 23.5 Å². The lowest BCUT2D eigenvalue weighted by molar-refractivity contribution is -0.153. The largest absolute Gasteiger partial charge is 0.480 e. The van der Waals surface area contributed by atoms with E-state index in [1.165, 1.54) is 29.2 Å². The standard InChI is InChI=1S/C30H33N11O13S2/c1-2-38-7-8-39(24(47)23(38)46)28(52)34-18(13-3-5-15(6-4-13)32-30(53)54-10-16(31)26(48)49)21(44)33-19-22(45)41-20(27(50)51)14(11-55-25(19)41)12-56-29-35-36-37-40(29)9-17(42)43/h3-6,16,18-19,25H,2,7-12,31H2,1H3,(H,32,53)(H,33,44)(H,34,52)(H,42,43)(H,48,49)(H,50,51)/t16-,18-,19-,25+/m1/s1. The molecule has 2 aromatic rings. The van der Waals surface area contributed by atoms with Gasteiger partial charge in [0.25, 0.3) is 5.91 Å². The Hall–Kier alpha value is -6.28. The molecule has 24 nitrogen and oxygen atoms in total. The smallest absolute Gasteiger partial charge is 0.411 e. The third kappa shape index (κ3) is 8.98. The third-order valence-electron chi connectivity index (χ3n) is 8.37. The van der Waals surface area contributed by atoms with Crippen LogP contribution in [0.15, 0.2) is 40.7 Å². The highest BCUT2D eigenvalue weighted by atomic mass is 32.2. The van der Waals surface area contributed by atoms with Crippen LogP contribution in [0.3, 0.4) is 0 Å². The number of urea groups is 1. The van der Waals surface area contributed by atoms with Gasteiger partial charge in [0.05, 0.1) is 0 Å². The van der Waals surface area contributed by atoms with Crippen LogP contribution < -0.4 is 21.7 Å². The maximum absolute atomic E-state index is 13.9. The van der Waals surface area contributed by atoms with E-state index in [1.807, 2.05) is 0 Å². The van der Waals surface area contributed by atoms with Gasteiger partial charge in [-0.2, -0.15) is 0 Å². The van der Waals surface area contributed by atoms with Gasteiger partial charge in [-0.25, -0.2) is 19.1 Å². The minimum atomic E-state index is -1.60. The van der Waals surface area contributed by atoms with Crippen molar-refractivity contribution in [2.45, 2.75) is 42.1 Å². The van der Waals surface area contributed by atoms with Gasteiger partial charge in [0.1, 0.15) is 42.3 Å². The molecule has 2 saturated heterocycles. The molecule has 56 heavy (non-hydrogen) atoms. The molecular weight excluding hydrogens is 787 g/mol. The number of piperazine rings is 1. The average molecular weight is 820 g/mol. The van der Waals surface area contributed by atoms with Crippen LogP contribution in [0.5, 0.6) is 0 Å². The number of carboxylic acids is 3. The van der Waals surface area contributed by atoms with Crippen molar-refractivity contribution in [3.8, 4) is 0 Å². The Labute approximate surface area is 323 Å². The Morgan fingerprint density at radius 1 is 1.05 bits per heavy atom. The number of likely N-dealkylation sites (N-methyl/N-ethyl adjacent to an activating group) is 1. The fourth-order valence-corrected chi connectivity index (χ4v) is 7.89. The number of carbonyl (C=O) groups excluding carboxylic acids is 6. The van der Waals surface area contributed by atoms with Crippen molar-refractivity contribution in [2.75, 3.05) is 43.1 Å². The maximum atomic E-state index is 13.9. The fraction of sp³-hybridized carbons (Fsp3) is 0.400. The van der Waals surface area contributed by atoms with Crippen molar-refractivity contribution in [1.29, 1.82) is 0 Å². The van der Waals surface area contributed by atoms with Crippen molar-refractivity contribution in [3.63, 3.8) is 0 Å². The number of carboxylic acid groups (broad SMARTS) is 3. The molecule has 2 fully saturated rings. The van der Waals surface area contributed by atoms with E-state index in [-0.39, 0.29) is 53.2 Å². The van der Waals surface area contributed by atoms with Gasteiger partial charge in [0, 0.05) is 36.8 Å². The first-order valence-corrected chi connectivity index (χ1v) is 18.4. The van der Waals surface area contributed by atoms with Gasteiger partial charge in [0.15, 0.2) is 0 Å². The van der Waals surface area contributed by atoms with Crippen LogP contribution in [0.25, 0.3) is 0 Å². The van der Waals surface area contributed by atoms with Gasteiger partial charge in [-0.3, -0.25) is 43.9 Å². The summed E-state index contributed by atoms with van der Waals surface area (Å²) in [6.45, 7) is 0.591. The van der Waals surface area contributed by atoms with E-state index in [0.29, 0.717) is 10.5 Å². The Kier molecular flexibility index (Phi) is 12.7. The number of anilines is 1. The quantitative estimate of drug-likeness (QED) is 0.0564. The summed E-state index contributed by atoms with van der Waals surface area (Å²) in [6, 6.07) is -0.163. The number of imide groups is 1. The second kappa shape index (κ2) is 17.5. The molecule has 0 saturated carbocycles. The molecule has 4 atom stereocenters. The molecule has 0 aliphatic carbocycles. The molecule has 298 valence electrons. The second-order valence-electron chi connectivity index (χ2n) is 12.0. The lowest BCUT2D eigenvalue weighted by atomic mass is 10.0. The maximum Gasteiger partial charge on any atom is 0.411 e. The highest BCUT2D eigenvalue weighted by molar-refractivity contribution is 8.01. The minimum Gasteiger partial charge on any atom is -0.480 e. The van der Waals surface area contributed by atoms with E-state index >= 15 is 0 Å². The zero-order chi connectivity index (χ0) is 40.8. The van der Waals surface area contributed by atoms with E-state index in [4.69, 9.17) is 20.7 Å². The highest BCUT2D eigenvalue weighted by Crippen LogP contribution is 2.41. The summed E-state index contributed by atoms with van der Waals surface area (Å²) in [5, 5.41) is 45.3. The molecule has 7 amide bonds. The van der Waals surface area contributed by atoms with E-state index in [2.05, 4.69) is 31.5 Å². The molecule has 1 aromatic heterocycles. The van der Waals surface area contributed by atoms with Crippen LogP contribution in [0, 0.1) is 0 Å². The zero-order valence-electron chi connectivity index (χ0n) is 29.0. The summed E-state index contributed by atoms with van der Waals surface area (Å²) in [4.78, 5) is 115. The van der Waals surface area contributed by atoms with Crippen LogP contribution in [0.4, 0.5) is 15.3 Å². The summed E-state index contributed by atoms with van der Waals surface area (Å²) in [6.07, 6.45) is -1.04. The Balaban J connectivity index is 1.32. The summed E-state index contributed by atoms with van der Waals surface area (Å²) < 4.78 is 5.79. The number of hydrogen-bond donors (Lipinski definition) is 7. The van der Waals surface area contributed by atoms with Gasteiger partial charge >= 0.3 is 41.8 Å². The number of fused-ring (bicyclic) bond motifs is 1. The van der Waals surface area contributed by atoms with Crippen molar-refractivity contribution in [3.05, 3.63) is 41.1 Å². The van der Waals surface area contributed by atoms with Gasteiger partial charge in [0.2, 0.25) is 11.1 Å². The van der Waals surface area contributed by atoms with Gasteiger partial charge < -0.3 is 41.3 Å². The first-order chi connectivity index (χ1) is 26.6. The van der Waals surface area contributed by atoms with Crippen LogP contribution in [-0.2, 0) is 44.8 Å². The normalized spacial score (nSPS) is 19.0. The van der Waals surface area contributed by atoms with Crippen molar-refractivity contribution in [1.82, 2.24) is 45.5 Å². The number of nitrogens with zero attached hydrogens (tertiary/aromatic N) is 7. The third-order valence-corrected chi connectivity index (χ3v) is 10.8. The molecule has 4 heterocycles. The topological polar surface area (TPSA) is 339 Å². The van der Waals surface area contributed by atoms with Crippen molar-refractivity contribution < 1.29 is 63.2 Å². The predicted octanol–water partition coefficient (Wildman–Crippen LogP) is -2.31. The fourth-order valence-electron chi connectivity index (χ4n) is 5.53. The van der Waals surface area contributed by atoms with Crippen molar-refractivity contribution >= 4 is 82.9 Å². The number of thioether (sulfide) groups is 2. The number of hydrogen-bond acceptors (Lipinski definition) is 16. The van der Waals surface area contributed by atoms with Gasteiger partial charge in [-0.15, -0.1) is 16.9 Å². The Morgan fingerprint density at radius 2 is 1.77 bits per heavy atom. The number of aliphatic carboxylic acids is 3. The number of nitrogens with two attached hydrogens (primary N) is 1. The number of aromatic nitrogens is 4. The molecule has 8 N–H and O–H groups in total. The molecule has 5 rings (SSSR count). The number of amides is 7. The summed E-state index contributed by atoms with van der Waals surface area (Å²) in [5.41, 5.74) is 5.51. The lowest BCUT2D eigenvalue weighted by Crippen LogP contribution is -2.71. The number of benzene rings is 1. The summed E-state index contributed by atoms with van der Waals surface area (Å²) in [5.74, 6) is -7.71. The molecule has 0 bridgehead atoms. The van der Waals surface area contributed by atoms with Gasteiger partial charge in [-0.05, 0) is 40.6 Å². The molecule has 0 spiro atoms. The van der Waals surface area contributed by atoms with E-state index in [0.717, 1.165) is 33.1 Å². The van der Waals surface area contributed by atoms with Crippen LogP contribution in [-0.4, -0.2) is 159 Å². The summed E-state index contributed by atoms with van der Waals surface area (Å²) >= 11 is 2.10. The van der Waals surface area contributed by atoms with Crippen molar-refractivity contribution in [2.24, 2.45) is 5.73 Å². The first kappa shape index (κ1) is 40.9. The number of rotatable bonds is 15. The highest BCUT2D eigenvalue weighted by Gasteiger charge is 2.54. The second-order valence-corrected chi connectivity index (χ2v) is 14.0. The number of β-lactam (4-membered cyclic amide) rings is 1. The van der Waals surface area contributed by atoms with E-state index in [9.17, 15) is 48.3 Å². The van der Waals surface area contributed by atoms with Crippen LogP contribution in [0.2, 0.25) is 0 Å². The summed E-state index contributed by atoms with van der Waals surface area (Å²) in [7, 11) is 0. The minimum absolute atomic E-state index is 0.0115. The number of nitrogens with one attached hydrogen (secondary N) is 3. The monoisotopic (exact) mass is 819 g/mol.